The number of amides is 3. The lowest BCUT2D eigenvalue weighted by molar-refractivity contribution is 0.0907. The molecule has 0 aliphatic heterocycles. The first-order valence-electron chi connectivity index (χ1n) is 9.79. The summed E-state index contributed by atoms with van der Waals surface area (Å²) in [4.78, 5) is 30.0. The Balaban J connectivity index is 1.38. The van der Waals surface area contributed by atoms with Gasteiger partial charge in [0.2, 0.25) is 0 Å². The van der Waals surface area contributed by atoms with Gasteiger partial charge >= 0.3 is 17.8 Å². The molecule has 3 amide bonds. The molecular formula is C22H25N5O3. The van der Waals surface area contributed by atoms with E-state index < -0.39 is 5.91 Å². The average molecular weight is 407 g/mol. The quantitative estimate of drug-likeness (QED) is 0.567. The molecule has 0 spiro atoms. The highest BCUT2D eigenvalue weighted by molar-refractivity contribution is 5.89. The van der Waals surface area contributed by atoms with Crippen molar-refractivity contribution in [1.29, 1.82) is 0 Å². The predicted octanol–water partition coefficient (Wildman–Crippen LogP) is 2.43. The summed E-state index contributed by atoms with van der Waals surface area (Å²) >= 11 is 0. The van der Waals surface area contributed by atoms with E-state index in [-0.39, 0.29) is 11.9 Å². The summed E-state index contributed by atoms with van der Waals surface area (Å²) in [5, 5.41) is 9.44. The van der Waals surface area contributed by atoms with E-state index in [1.807, 2.05) is 60.7 Å². The summed E-state index contributed by atoms with van der Waals surface area (Å²) < 4.78 is 5.03. The van der Waals surface area contributed by atoms with Crippen molar-refractivity contribution in [2.24, 2.45) is 0 Å². The smallest absolute Gasteiger partial charge is 0.317 e. The fourth-order valence-corrected chi connectivity index (χ4v) is 2.76. The number of carbonyl (C=O) groups is 2. The van der Waals surface area contributed by atoms with Crippen LogP contribution in [0.25, 0.3) is 0 Å². The van der Waals surface area contributed by atoms with Crippen LogP contribution in [0, 0.1) is 0 Å². The molecule has 2 N–H and O–H groups in total. The number of rotatable bonds is 9. The standard InChI is InChI=1S/C22H25N5O3/c1-27(22(29)23-14-12-17-8-4-2-5-9-17)15-13-19-25-21(30-26-19)20(28)24-16-18-10-6-3-7-11-18/h2-11H,12-16H2,1H3,(H,23,29)(H,24,28). The molecule has 0 fully saturated rings. The maximum absolute atomic E-state index is 12.2. The van der Waals surface area contributed by atoms with Gasteiger partial charge in [0.25, 0.3) is 0 Å². The maximum Gasteiger partial charge on any atom is 0.317 e. The zero-order valence-electron chi connectivity index (χ0n) is 16.9. The van der Waals surface area contributed by atoms with Crippen LogP contribution in [0.3, 0.4) is 0 Å². The highest BCUT2D eigenvalue weighted by Crippen LogP contribution is 2.02. The van der Waals surface area contributed by atoms with Crippen LogP contribution in [0.15, 0.2) is 65.2 Å². The highest BCUT2D eigenvalue weighted by Gasteiger charge is 2.16. The molecule has 8 nitrogen and oxygen atoms in total. The Kier molecular flexibility index (Phi) is 7.54. The van der Waals surface area contributed by atoms with E-state index in [1.54, 1.807) is 11.9 Å². The first-order chi connectivity index (χ1) is 14.6. The summed E-state index contributed by atoms with van der Waals surface area (Å²) in [6, 6.07) is 19.4. The van der Waals surface area contributed by atoms with Crippen LogP contribution in [-0.2, 0) is 19.4 Å². The number of hydrogen-bond acceptors (Lipinski definition) is 5. The molecule has 1 heterocycles. The van der Waals surface area contributed by atoms with Crippen LogP contribution < -0.4 is 10.6 Å². The van der Waals surface area contributed by atoms with Crippen molar-refractivity contribution in [3.8, 4) is 0 Å². The summed E-state index contributed by atoms with van der Waals surface area (Å²) in [5.74, 6) is -0.135. The third kappa shape index (κ3) is 6.44. The second-order valence-electron chi connectivity index (χ2n) is 6.82. The van der Waals surface area contributed by atoms with Gasteiger partial charge in [0.05, 0.1) is 0 Å². The number of nitrogens with one attached hydrogen (secondary N) is 2. The van der Waals surface area contributed by atoms with Crippen LogP contribution >= 0.6 is 0 Å². The van der Waals surface area contributed by atoms with E-state index in [2.05, 4.69) is 20.8 Å². The molecule has 0 atom stereocenters. The number of aromatic nitrogens is 2. The summed E-state index contributed by atoms with van der Waals surface area (Å²) in [5.41, 5.74) is 2.15. The normalized spacial score (nSPS) is 10.4. The molecule has 30 heavy (non-hydrogen) atoms. The number of urea groups is 1. The van der Waals surface area contributed by atoms with Gasteiger partial charge in [-0.2, -0.15) is 4.98 Å². The van der Waals surface area contributed by atoms with Crippen molar-refractivity contribution in [2.45, 2.75) is 19.4 Å². The van der Waals surface area contributed by atoms with Crippen molar-refractivity contribution < 1.29 is 14.1 Å². The molecular weight excluding hydrogens is 382 g/mol. The Hall–Kier alpha value is -3.68. The second-order valence-corrected chi connectivity index (χ2v) is 6.82. The van der Waals surface area contributed by atoms with Crippen LogP contribution in [-0.4, -0.2) is 47.1 Å². The molecule has 2 aromatic carbocycles. The summed E-state index contributed by atoms with van der Waals surface area (Å²) in [7, 11) is 1.70. The number of carbonyl (C=O) groups excluding carboxylic acids is 2. The first-order valence-corrected chi connectivity index (χ1v) is 9.79. The number of benzene rings is 2. The van der Waals surface area contributed by atoms with Gasteiger partial charge in [-0.25, -0.2) is 4.79 Å². The molecule has 0 saturated carbocycles. The fourth-order valence-electron chi connectivity index (χ4n) is 2.76. The molecule has 1 aromatic heterocycles. The van der Waals surface area contributed by atoms with E-state index in [4.69, 9.17) is 4.52 Å². The fraction of sp³-hybridized carbons (Fsp3) is 0.273. The maximum atomic E-state index is 12.2. The van der Waals surface area contributed by atoms with E-state index >= 15 is 0 Å². The van der Waals surface area contributed by atoms with E-state index in [0.29, 0.717) is 31.9 Å². The zero-order chi connectivity index (χ0) is 21.2. The number of hydrogen-bond donors (Lipinski definition) is 2. The van der Waals surface area contributed by atoms with Crippen molar-refractivity contribution in [3.05, 3.63) is 83.5 Å². The molecule has 0 unspecified atom stereocenters. The van der Waals surface area contributed by atoms with Crippen LogP contribution in [0.1, 0.15) is 27.6 Å². The Morgan fingerprint density at radius 1 is 0.933 bits per heavy atom. The van der Waals surface area contributed by atoms with Crippen molar-refractivity contribution >= 4 is 11.9 Å². The molecule has 3 rings (SSSR count). The first kappa shape index (κ1) is 21.0. The minimum atomic E-state index is -0.426. The summed E-state index contributed by atoms with van der Waals surface area (Å²) in [6.45, 7) is 1.34. The second kappa shape index (κ2) is 10.8. The van der Waals surface area contributed by atoms with Gasteiger partial charge in [0.1, 0.15) is 0 Å². The Labute approximate surface area is 175 Å². The highest BCUT2D eigenvalue weighted by atomic mass is 16.5. The predicted molar refractivity (Wildman–Crippen MR) is 112 cm³/mol. The van der Waals surface area contributed by atoms with Gasteiger partial charge in [-0.3, -0.25) is 4.79 Å². The Morgan fingerprint density at radius 2 is 1.60 bits per heavy atom. The zero-order valence-corrected chi connectivity index (χ0v) is 16.9. The van der Waals surface area contributed by atoms with E-state index in [0.717, 1.165) is 12.0 Å². The topological polar surface area (TPSA) is 100 Å². The average Bonchev–Trinajstić information content (AvgIpc) is 3.26. The van der Waals surface area contributed by atoms with Gasteiger partial charge in [0, 0.05) is 33.1 Å². The van der Waals surface area contributed by atoms with Gasteiger partial charge in [-0.05, 0) is 17.5 Å². The number of likely N-dealkylation sites (N-methyl/N-ethyl adjacent to an activating group) is 1. The van der Waals surface area contributed by atoms with Crippen LogP contribution in [0.2, 0.25) is 0 Å². The lowest BCUT2D eigenvalue weighted by Crippen LogP contribution is -2.39. The minimum Gasteiger partial charge on any atom is -0.344 e. The van der Waals surface area contributed by atoms with Crippen molar-refractivity contribution in [2.75, 3.05) is 20.1 Å². The minimum absolute atomic E-state index is 0.0871. The molecule has 3 aromatic rings. The van der Waals surface area contributed by atoms with Gasteiger partial charge in [-0.15, -0.1) is 0 Å². The Morgan fingerprint density at radius 3 is 2.30 bits per heavy atom. The molecule has 0 saturated heterocycles. The van der Waals surface area contributed by atoms with E-state index in [1.165, 1.54) is 5.56 Å². The van der Waals surface area contributed by atoms with Gasteiger partial charge < -0.3 is 20.1 Å². The summed E-state index contributed by atoms with van der Waals surface area (Å²) in [6.07, 6.45) is 1.16. The Bertz CT molecular complexity index is 944. The lowest BCUT2D eigenvalue weighted by Gasteiger charge is -2.17. The molecule has 8 heteroatoms. The molecule has 0 bridgehead atoms. The monoisotopic (exact) mass is 407 g/mol. The van der Waals surface area contributed by atoms with Crippen molar-refractivity contribution in [3.63, 3.8) is 0 Å². The lowest BCUT2D eigenvalue weighted by atomic mass is 10.1. The number of nitrogens with zero attached hydrogens (tertiary/aromatic N) is 3. The third-order valence-corrected chi connectivity index (χ3v) is 4.51. The molecule has 0 radical (unpaired) electrons. The van der Waals surface area contributed by atoms with Crippen LogP contribution in [0.4, 0.5) is 4.79 Å². The van der Waals surface area contributed by atoms with Crippen molar-refractivity contribution in [1.82, 2.24) is 25.7 Å². The van der Waals surface area contributed by atoms with Crippen LogP contribution in [0.5, 0.6) is 0 Å². The van der Waals surface area contributed by atoms with E-state index in [9.17, 15) is 9.59 Å². The molecule has 0 aliphatic carbocycles. The SMILES string of the molecule is CN(CCc1noc(C(=O)NCc2ccccc2)n1)C(=O)NCCc1ccccc1. The van der Waals surface area contributed by atoms with Gasteiger partial charge in [-0.1, -0.05) is 65.8 Å². The molecule has 156 valence electrons. The molecule has 0 aliphatic rings. The third-order valence-electron chi connectivity index (χ3n) is 4.51. The van der Waals surface area contributed by atoms with Gasteiger partial charge in [0.15, 0.2) is 5.82 Å². The largest absolute Gasteiger partial charge is 0.344 e.